The first-order chi connectivity index (χ1) is 25.3. The van der Waals surface area contributed by atoms with Crippen LogP contribution in [0.3, 0.4) is 0 Å². The molecule has 0 saturated carbocycles. The lowest BCUT2D eigenvalue weighted by Gasteiger charge is -2.20. The molecule has 0 aliphatic carbocycles. The SMILES string of the molecule is CC/C=C\C/C=C\C/C=C\C/C=C\CCCCCCC(=O)OCC(COP(=O)(O)OCCNC)OC(=O)CCCCCCC/C=C\CCCCCC. The molecule has 0 fully saturated rings. The highest BCUT2D eigenvalue weighted by Crippen LogP contribution is 2.43. The molecule has 2 atom stereocenters. The van der Waals surface area contributed by atoms with Crippen molar-refractivity contribution in [3.05, 3.63) is 60.8 Å². The van der Waals surface area contributed by atoms with Crippen LogP contribution in [-0.4, -0.2) is 56.3 Å². The van der Waals surface area contributed by atoms with Gasteiger partial charge in [0, 0.05) is 19.4 Å². The summed E-state index contributed by atoms with van der Waals surface area (Å²) < 4.78 is 33.1. The maximum atomic E-state index is 12.6. The molecule has 0 aliphatic heterocycles. The van der Waals surface area contributed by atoms with Gasteiger partial charge in [-0.3, -0.25) is 18.6 Å². The summed E-state index contributed by atoms with van der Waals surface area (Å²) in [5, 5.41) is 2.81. The van der Waals surface area contributed by atoms with Gasteiger partial charge in [0.1, 0.15) is 6.61 Å². The van der Waals surface area contributed by atoms with Crippen molar-refractivity contribution in [2.24, 2.45) is 0 Å². The lowest BCUT2D eigenvalue weighted by Crippen LogP contribution is -2.29. The molecule has 0 aromatic carbocycles. The van der Waals surface area contributed by atoms with E-state index in [1.165, 1.54) is 32.1 Å². The Balaban J connectivity index is 4.32. The second-order valence-corrected chi connectivity index (χ2v) is 14.5. The Kier molecular flexibility index (Phi) is 36.7. The van der Waals surface area contributed by atoms with Gasteiger partial charge in [-0.05, 0) is 84.1 Å². The quantitative estimate of drug-likeness (QED) is 0.0276. The first kappa shape index (κ1) is 49.7. The summed E-state index contributed by atoms with van der Waals surface area (Å²) in [5.41, 5.74) is 0. The van der Waals surface area contributed by atoms with Gasteiger partial charge in [-0.25, -0.2) is 4.57 Å². The molecule has 9 nitrogen and oxygen atoms in total. The number of rotatable bonds is 37. The van der Waals surface area contributed by atoms with Crippen LogP contribution >= 0.6 is 7.82 Å². The molecule has 0 radical (unpaired) electrons. The van der Waals surface area contributed by atoms with Gasteiger partial charge < -0.3 is 19.7 Å². The Morgan fingerprint density at radius 2 is 1.10 bits per heavy atom. The van der Waals surface area contributed by atoms with Crippen LogP contribution in [0.4, 0.5) is 0 Å². The standard InChI is InChI=1S/C42H74NO8P/c1-4-6-8-10-12-14-16-18-19-20-21-23-24-26-28-30-32-34-41(44)48-38-40(39-50-52(46,47)49-37-36-43-3)51-42(45)35-33-31-29-27-25-22-17-15-13-11-9-7-5-2/h6,8,12,14-15,17-19,21,23,40,43H,4-5,7,9-11,13,16,20,22,24-39H2,1-3H3,(H,46,47)/b8-6-,14-12-,17-15-,19-18-,23-21-. The highest BCUT2D eigenvalue weighted by atomic mass is 31.2. The van der Waals surface area contributed by atoms with E-state index in [0.29, 0.717) is 19.4 Å². The third-order valence-electron chi connectivity index (χ3n) is 8.12. The number of carbonyl (C=O) groups is 2. The molecule has 0 amide bonds. The molecule has 0 bridgehead atoms. The molecule has 0 aliphatic rings. The summed E-state index contributed by atoms with van der Waals surface area (Å²) in [4.78, 5) is 35.0. The number of esters is 2. The summed E-state index contributed by atoms with van der Waals surface area (Å²) in [6, 6.07) is 0. The Morgan fingerprint density at radius 3 is 1.65 bits per heavy atom. The number of hydrogen-bond acceptors (Lipinski definition) is 8. The minimum Gasteiger partial charge on any atom is -0.462 e. The molecule has 2 N–H and O–H groups in total. The fourth-order valence-corrected chi connectivity index (χ4v) is 5.82. The zero-order valence-electron chi connectivity index (χ0n) is 33.0. The van der Waals surface area contributed by atoms with Crippen molar-refractivity contribution in [2.45, 2.75) is 161 Å². The Hall–Kier alpha value is -2.29. The molecular weight excluding hydrogens is 677 g/mol. The molecule has 300 valence electrons. The number of phosphoric ester groups is 1. The highest BCUT2D eigenvalue weighted by molar-refractivity contribution is 7.47. The van der Waals surface area contributed by atoms with E-state index in [4.69, 9.17) is 18.5 Å². The Bertz CT molecular complexity index is 1040. The fraction of sp³-hybridized carbons (Fsp3) is 0.714. The molecule has 10 heteroatoms. The van der Waals surface area contributed by atoms with Crippen molar-refractivity contribution in [1.29, 1.82) is 0 Å². The van der Waals surface area contributed by atoms with Gasteiger partial charge in [0.05, 0.1) is 13.2 Å². The van der Waals surface area contributed by atoms with E-state index < -0.39 is 32.5 Å². The summed E-state index contributed by atoms with van der Waals surface area (Å²) in [5.74, 6) is -0.850. The van der Waals surface area contributed by atoms with Crippen molar-refractivity contribution >= 4 is 19.8 Å². The van der Waals surface area contributed by atoms with Crippen LogP contribution in [-0.2, 0) is 32.7 Å². The number of phosphoric acid groups is 1. The van der Waals surface area contributed by atoms with Gasteiger partial charge >= 0.3 is 19.8 Å². The number of carbonyl (C=O) groups excluding carboxylic acids is 2. The summed E-state index contributed by atoms with van der Waals surface area (Å²) in [7, 11) is -2.66. The number of likely N-dealkylation sites (N-methyl/N-ethyl adjacent to an activating group) is 1. The van der Waals surface area contributed by atoms with Crippen molar-refractivity contribution in [3.8, 4) is 0 Å². The van der Waals surface area contributed by atoms with E-state index in [0.717, 1.165) is 83.5 Å². The van der Waals surface area contributed by atoms with Gasteiger partial charge in [0.25, 0.3) is 0 Å². The summed E-state index contributed by atoms with van der Waals surface area (Å²) in [6.07, 6.45) is 42.6. The molecular formula is C42H74NO8P. The Labute approximate surface area is 317 Å². The minimum absolute atomic E-state index is 0.0253. The van der Waals surface area contributed by atoms with Gasteiger partial charge in [0.15, 0.2) is 6.10 Å². The summed E-state index contributed by atoms with van der Waals surface area (Å²) in [6.45, 7) is 4.04. The minimum atomic E-state index is -4.36. The molecule has 52 heavy (non-hydrogen) atoms. The zero-order chi connectivity index (χ0) is 38.2. The average molecular weight is 752 g/mol. The van der Waals surface area contributed by atoms with Crippen LogP contribution < -0.4 is 5.32 Å². The highest BCUT2D eigenvalue weighted by Gasteiger charge is 2.26. The Morgan fingerprint density at radius 1 is 0.615 bits per heavy atom. The van der Waals surface area contributed by atoms with Crippen LogP contribution in [0, 0.1) is 0 Å². The first-order valence-corrected chi connectivity index (χ1v) is 21.7. The monoisotopic (exact) mass is 752 g/mol. The predicted molar refractivity (Wildman–Crippen MR) is 215 cm³/mol. The predicted octanol–water partition coefficient (Wildman–Crippen LogP) is 11.2. The normalized spacial score (nSPS) is 14.0. The van der Waals surface area contributed by atoms with E-state index >= 15 is 0 Å². The molecule has 0 saturated heterocycles. The van der Waals surface area contributed by atoms with Gasteiger partial charge in [-0.2, -0.15) is 0 Å². The number of allylic oxidation sites excluding steroid dienone is 10. The summed E-state index contributed by atoms with van der Waals surface area (Å²) >= 11 is 0. The van der Waals surface area contributed by atoms with Gasteiger partial charge in [0.2, 0.25) is 0 Å². The van der Waals surface area contributed by atoms with Crippen molar-refractivity contribution in [3.63, 3.8) is 0 Å². The number of nitrogens with one attached hydrogen (secondary N) is 1. The lowest BCUT2D eigenvalue weighted by atomic mass is 10.1. The third kappa shape index (κ3) is 37.5. The second kappa shape index (κ2) is 38.4. The first-order valence-electron chi connectivity index (χ1n) is 20.2. The van der Waals surface area contributed by atoms with Crippen LogP contribution in [0.15, 0.2) is 60.8 Å². The van der Waals surface area contributed by atoms with E-state index in [2.05, 4.69) is 79.9 Å². The average Bonchev–Trinajstić information content (AvgIpc) is 3.12. The van der Waals surface area contributed by atoms with E-state index in [-0.39, 0.29) is 26.1 Å². The fourth-order valence-electron chi connectivity index (χ4n) is 5.07. The lowest BCUT2D eigenvalue weighted by molar-refractivity contribution is -0.161. The molecule has 0 aromatic heterocycles. The van der Waals surface area contributed by atoms with Crippen LogP contribution in [0.1, 0.15) is 155 Å². The van der Waals surface area contributed by atoms with Crippen LogP contribution in [0.25, 0.3) is 0 Å². The number of hydrogen-bond donors (Lipinski definition) is 2. The topological polar surface area (TPSA) is 120 Å². The second-order valence-electron chi connectivity index (χ2n) is 13.1. The molecule has 0 aromatic rings. The van der Waals surface area contributed by atoms with Crippen molar-refractivity contribution in [2.75, 3.05) is 33.4 Å². The largest absolute Gasteiger partial charge is 0.472 e. The zero-order valence-corrected chi connectivity index (χ0v) is 33.9. The van der Waals surface area contributed by atoms with Gasteiger partial charge in [-0.1, -0.05) is 126 Å². The van der Waals surface area contributed by atoms with E-state index in [9.17, 15) is 19.0 Å². The van der Waals surface area contributed by atoms with Crippen LogP contribution in [0.5, 0.6) is 0 Å². The van der Waals surface area contributed by atoms with Crippen molar-refractivity contribution < 1.29 is 37.6 Å². The van der Waals surface area contributed by atoms with Gasteiger partial charge in [-0.15, -0.1) is 0 Å². The molecule has 2 unspecified atom stereocenters. The molecule has 0 spiro atoms. The maximum absolute atomic E-state index is 12.6. The number of unbranched alkanes of at least 4 members (excludes halogenated alkanes) is 13. The molecule has 0 heterocycles. The van der Waals surface area contributed by atoms with Crippen molar-refractivity contribution in [1.82, 2.24) is 5.32 Å². The maximum Gasteiger partial charge on any atom is 0.472 e. The third-order valence-corrected chi connectivity index (χ3v) is 9.11. The van der Waals surface area contributed by atoms with Crippen LogP contribution in [0.2, 0.25) is 0 Å². The number of ether oxygens (including phenoxy) is 2. The molecule has 0 rings (SSSR count). The van der Waals surface area contributed by atoms with E-state index in [1.807, 2.05) is 0 Å². The smallest absolute Gasteiger partial charge is 0.462 e. The van der Waals surface area contributed by atoms with E-state index in [1.54, 1.807) is 7.05 Å².